The highest BCUT2D eigenvalue weighted by molar-refractivity contribution is 5.89. The predicted octanol–water partition coefficient (Wildman–Crippen LogP) is 1.66. The van der Waals surface area contributed by atoms with E-state index in [9.17, 15) is 4.79 Å². The van der Waals surface area contributed by atoms with Crippen molar-refractivity contribution in [2.24, 2.45) is 0 Å². The summed E-state index contributed by atoms with van der Waals surface area (Å²) in [6.45, 7) is 0.418. The van der Waals surface area contributed by atoms with Gasteiger partial charge in [-0.3, -0.25) is 0 Å². The number of urea groups is 1. The fraction of sp³-hybridized carbons (Fsp3) is 0.167. The Kier molecular flexibility index (Phi) is 3.47. The SMILES string of the molecule is CN(Cc1ncc[nH]1)C(=O)Nc1cccc(N)c1. The van der Waals surface area contributed by atoms with Gasteiger partial charge in [0.1, 0.15) is 5.82 Å². The van der Waals surface area contributed by atoms with Crippen LogP contribution in [0.15, 0.2) is 36.7 Å². The number of nitrogens with zero attached hydrogens (tertiary/aromatic N) is 2. The van der Waals surface area contributed by atoms with Crippen LogP contribution in [0.5, 0.6) is 0 Å². The topological polar surface area (TPSA) is 87.0 Å². The monoisotopic (exact) mass is 245 g/mol. The molecule has 0 radical (unpaired) electrons. The van der Waals surface area contributed by atoms with E-state index in [1.807, 2.05) is 0 Å². The third-order valence-corrected chi connectivity index (χ3v) is 2.43. The molecule has 2 rings (SSSR count). The Bertz CT molecular complexity index is 523. The van der Waals surface area contributed by atoms with Gasteiger partial charge in [0.15, 0.2) is 0 Å². The smallest absolute Gasteiger partial charge is 0.321 e. The molecule has 0 fully saturated rings. The van der Waals surface area contributed by atoms with Crippen molar-refractivity contribution < 1.29 is 4.79 Å². The molecular weight excluding hydrogens is 230 g/mol. The minimum Gasteiger partial charge on any atom is -0.399 e. The van der Waals surface area contributed by atoms with E-state index < -0.39 is 0 Å². The van der Waals surface area contributed by atoms with Crippen molar-refractivity contribution in [2.75, 3.05) is 18.1 Å². The minimum atomic E-state index is -0.211. The van der Waals surface area contributed by atoms with Crippen molar-refractivity contribution in [3.8, 4) is 0 Å². The number of hydrogen-bond acceptors (Lipinski definition) is 3. The summed E-state index contributed by atoms with van der Waals surface area (Å²) in [5.41, 5.74) is 6.93. The van der Waals surface area contributed by atoms with Gasteiger partial charge < -0.3 is 20.9 Å². The Morgan fingerprint density at radius 2 is 2.39 bits per heavy atom. The number of nitrogen functional groups attached to an aromatic ring is 1. The number of imidazole rings is 1. The number of amides is 2. The van der Waals surface area contributed by atoms with Gasteiger partial charge in [0.25, 0.3) is 0 Å². The van der Waals surface area contributed by atoms with Crippen molar-refractivity contribution in [1.29, 1.82) is 0 Å². The quantitative estimate of drug-likeness (QED) is 0.718. The van der Waals surface area contributed by atoms with Crippen molar-refractivity contribution >= 4 is 17.4 Å². The first kappa shape index (κ1) is 12.0. The number of carbonyl (C=O) groups is 1. The molecule has 1 heterocycles. The number of aromatic nitrogens is 2. The fourth-order valence-corrected chi connectivity index (χ4v) is 1.52. The summed E-state index contributed by atoms with van der Waals surface area (Å²) in [5.74, 6) is 0.736. The molecule has 94 valence electrons. The maximum atomic E-state index is 11.9. The third-order valence-electron chi connectivity index (χ3n) is 2.43. The number of rotatable bonds is 3. The standard InChI is InChI=1S/C12H15N5O/c1-17(8-11-14-5-6-15-11)12(18)16-10-4-2-3-9(13)7-10/h2-7H,8,13H2,1H3,(H,14,15)(H,16,18). The highest BCUT2D eigenvalue weighted by Crippen LogP contribution is 2.12. The average molecular weight is 245 g/mol. The summed E-state index contributed by atoms with van der Waals surface area (Å²) < 4.78 is 0. The second-order valence-corrected chi connectivity index (χ2v) is 3.95. The van der Waals surface area contributed by atoms with Gasteiger partial charge in [0.2, 0.25) is 0 Å². The molecule has 0 saturated heterocycles. The maximum Gasteiger partial charge on any atom is 0.321 e. The van der Waals surface area contributed by atoms with Crippen LogP contribution in [-0.4, -0.2) is 27.9 Å². The van der Waals surface area contributed by atoms with Crippen molar-refractivity contribution in [3.05, 3.63) is 42.5 Å². The summed E-state index contributed by atoms with van der Waals surface area (Å²) in [5, 5.41) is 2.76. The van der Waals surface area contributed by atoms with Crippen LogP contribution in [0.3, 0.4) is 0 Å². The lowest BCUT2D eigenvalue weighted by Gasteiger charge is -2.16. The van der Waals surface area contributed by atoms with Crippen LogP contribution in [0, 0.1) is 0 Å². The Labute approximate surface area is 105 Å². The number of benzene rings is 1. The van der Waals surface area contributed by atoms with Crippen molar-refractivity contribution in [1.82, 2.24) is 14.9 Å². The largest absolute Gasteiger partial charge is 0.399 e. The summed E-state index contributed by atoms with van der Waals surface area (Å²) >= 11 is 0. The van der Waals surface area contributed by atoms with Crippen LogP contribution < -0.4 is 11.1 Å². The summed E-state index contributed by atoms with van der Waals surface area (Å²) in [7, 11) is 1.70. The van der Waals surface area contributed by atoms with Gasteiger partial charge in [-0.2, -0.15) is 0 Å². The zero-order chi connectivity index (χ0) is 13.0. The number of H-pyrrole nitrogens is 1. The minimum absolute atomic E-state index is 0.211. The Balaban J connectivity index is 1.95. The highest BCUT2D eigenvalue weighted by Gasteiger charge is 2.10. The van der Waals surface area contributed by atoms with Gasteiger partial charge >= 0.3 is 6.03 Å². The molecule has 0 bridgehead atoms. The molecule has 0 aliphatic carbocycles. The van der Waals surface area contributed by atoms with Crippen molar-refractivity contribution in [2.45, 2.75) is 6.54 Å². The van der Waals surface area contributed by atoms with Gasteiger partial charge in [-0.05, 0) is 18.2 Å². The number of nitrogens with one attached hydrogen (secondary N) is 2. The van der Waals surface area contributed by atoms with Gasteiger partial charge in [-0.1, -0.05) is 6.07 Å². The lowest BCUT2D eigenvalue weighted by Crippen LogP contribution is -2.31. The van der Waals surface area contributed by atoms with E-state index in [2.05, 4.69) is 15.3 Å². The Morgan fingerprint density at radius 3 is 3.06 bits per heavy atom. The molecule has 6 heteroatoms. The van der Waals surface area contributed by atoms with E-state index in [1.165, 1.54) is 4.90 Å². The molecule has 4 N–H and O–H groups in total. The zero-order valence-electron chi connectivity index (χ0n) is 10.1. The van der Waals surface area contributed by atoms with Crippen LogP contribution in [-0.2, 0) is 6.54 Å². The predicted molar refractivity (Wildman–Crippen MR) is 69.9 cm³/mol. The second-order valence-electron chi connectivity index (χ2n) is 3.95. The average Bonchev–Trinajstić information content (AvgIpc) is 2.81. The van der Waals surface area contributed by atoms with Gasteiger partial charge in [0.05, 0.1) is 6.54 Å². The fourth-order valence-electron chi connectivity index (χ4n) is 1.52. The van der Waals surface area contributed by atoms with E-state index in [0.29, 0.717) is 17.9 Å². The van der Waals surface area contributed by atoms with E-state index in [1.54, 1.807) is 43.7 Å². The molecule has 0 saturated carbocycles. The first-order chi connectivity index (χ1) is 8.65. The molecule has 0 spiro atoms. The highest BCUT2D eigenvalue weighted by atomic mass is 16.2. The van der Waals surface area contributed by atoms with E-state index in [4.69, 9.17) is 5.73 Å². The third kappa shape index (κ3) is 3.00. The normalized spacial score (nSPS) is 10.1. The Hall–Kier alpha value is -2.50. The van der Waals surface area contributed by atoms with Crippen LogP contribution in [0.4, 0.5) is 16.2 Å². The molecule has 0 aliphatic rings. The molecule has 2 amide bonds. The molecule has 1 aromatic heterocycles. The lowest BCUT2D eigenvalue weighted by molar-refractivity contribution is 0.219. The van der Waals surface area contributed by atoms with Crippen LogP contribution in [0.1, 0.15) is 5.82 Å². The summed E-state index contributed by atoms with van der Waals surface area (Å²) in [6, 6.07) is 6.84. The maximum absolute atomic E-state index is 11.9. The van der Waals surface area contributed by atoms with Crippen LogP contribution in [0.25, 0.3) is 0 Å². The number of carbonyl (C=O) groups excluding carboxylic acids is 1. The van der Waals surface area contributed by atoms with E-state index >= 15 is 0 Å². The molecule has 0 aliphatic heterocycles. The van der Waals surface area contributed by atoms with Gasteiger partial charge in [-0.15, -0.1) is 0 Å². The van der Waals surface area contributed by atoms with E-state index in [0.717, 1.165) is 5.82 Å². The molecule has 6 nitrogen and oxygen atoms in total. The number of nitrogens with two attached hydrogens (primary N) is 1. The second kappa shape index (κ2) is 5.22. The van der Waals surface area contributed by atoms with Gasteiger partial charge in [-0.25, -0.2) is 9.78 Å². The van der Waals surface area contributed by atoms with Crippen molar-refractivity contribution in [3.63, 3.8) is 0 Å². The zero-order valence-corrected chi connectivity index (χ0v) is 10.1. The molecular formula is C12H15N5O. The number of aromatic amines is 1. The van der Waals surface area contributed by atoms with E-state index in [-0.39, 0.29) is 6.03 Å². The van der Waals surface area contributed by atoms with Crippen LogP contribution in [0.2, 0.25) is 0 Å². The molecule has 0 atom stereocenters. The molecule has 1 aromatic carbocycles. The number of hydrogen-bond donors (Lipinski definition) is 3. The lowest BCUT2D eigenvalue weighted by atomic mass is 10.3. The first-order valence-corrected chi connectivity index (χ1v) is 5.51. The molecule has 18 heavy (non-hydrogen) atoms. The molecule has 0 unspecified atom stereocenters. The first-order valence-electron chi connectivity index (χ1n) is 5.51. The van der Waals surface area contributed by atoms with Crippen LogP contribution >= 0.6 is 0 Å². The molecule has 2 aromatic rings. The Morgan fingerprint density at radius 1 is 1.56 bits per heavy atom. The summed E-state index contributed by atoms with van der Waals surface area (Å²) in [4.78, 5) is 20.4. The summed E-state index contributed by atoms with van der Waals surface area (Å²) in [6.07, 6.45) is 3.37. The number of anilines is 2. The van der Waals surface area contributed by atoms with Gasteiger partial charge in [0, 0.05) is 30.8 Å².